The summed E-state index contributed by atoms with van der Waals surface area (Å²) in [5.41, 5.74) is 3.34. The highest BCUT2D eigenvalue weighted by molar-refractivity contribution is 5.55. The summed E-state index contributed by atoms with van der Waals surface area (Å²) in [4.78, 5) is 5.78. The van der Waals surface area contributed by atoms with Gasteiger partial charge in [-0.1, -0.05) is 60.7 Å². The van der Waals surface area contributed by atoms with Gasteiger partial charge >= 0.3 is 6.18 Å². The Bertz CT molecular complexity index is 1150. The first-order valence-electron chi connectivity index (χ1n) is 12.2. The van der Waals surface area contributed by atoms with Crippen LogP contribution in [0.25, 0.3) is 0 Å². The Hall–Kier alpha value is -2.91. The smallest absolute Gasteiger partial charge is 0.374 e. The molecule has 190 valence electrons. The average Bonchev–Trinajstić information content (AvgIpc) is 3.13. The SMILES string of the molecule is OC1c2ccccc2C(O)N1Cc1ccc(CCN2CCN(c3ccccc3C(F)(F)F)CC2)cc1. The minimum absolute atomic E-state index is 0.261. The molecule has 1 fully saturated rings. The van der Waals surface area contributed by atoms with E-state index in [4.69, 9.17) is 0 Å². The van der Waals surface area contributed by atoms with Gasteiger partial charge in [0.25, 0.3) is 0 Å². The minimum Gasteiger partial charge on any atom is -0.374 e. The molecule has 2 heterocycles. The molecule has 0 aromatic heterocycles. The largest absolute Gasteiger partial charge is 0.418 e. The first-order valence-corrected chi connectivity index (χ1v) is 12.2. The van der Waals surface area contributed by atoms with Crippen LogP contribution in [0.5, 0.6) is 0 Å². The van der Waals surface area contributed by atoms with Gasteiger partial charge in [-0.3, -0.25) is 4.90 Å². The van der Waals surface area contributed by atoms with Crippen molar-refractivity contribution in [2.45, 2.75) is 31.6 Å². The van der Waals surface area contributed by atoms with Crippen molar-refractivity contribution in [1.29, 1.82) is 0 Å². The van der Waals surface area contributed by atoms with E-state index in [9.17, 15) is 23.4 Å². The van der Waals surface area contributed by atoms with E-state index in [1.165, 1.54) is 11.6 Å². The van der Waals surface area contributed by atoms with E-state index < -0.39 is 24.2 Å². The van der Waals surface area contributed by atoms with Gasteiger partial charge in [0.15, 0.2) is 0 Å². The van der Waals surface area contributed by atoms with Crippen LogP contribution in [-0.4, -0.2) is 52.7 Å². The molecule has 0 spiro atoms. The molecule has 0 aliphatic carbocycles. The lowest BCUT2D eigenvalue weighted by Gasteiger charge is -2.37. The standard InChI is InChI=1S/C28H30F3N3O2/c29-28(30,31)24-7-3-4-8-25(24)33-17-15-32(16-18-33)14-13-20-9-11-21(12-10-20)19-34-26(35)22-5-1-2-6-23(22)27(34)36/h1-12,26-27,35-36H,13-19H2. The van der Waals surface area contributed by atoms with Gasteiger partial charge in [0, 0.05) is 56.1 Å². The number of anilines is 1. The van der Waals surface area contributed by atoms with E-state index >= 15 is 0 Å². The van der Waals surface area contributed by atoms with Crippen molar-refractivity contribution >= 4 is 5.69 Å². The fourth-order valence-electron chi connectivity index (χ4n) is 5.16. The molecule has 2 atom stereocenters. The second-order valence-electron chi connectivity index (χ2n) is 9.46. The summed E-state index contributed by atoms with van der Waals surface area (Å²) in [7, 11) is 0. The van der Waals surface area contributed by atoms with Crippen LogP contribution in [0.3, 0.4) is 0 Å². The lowest BCUT2D eigenvalue weighted by molar-refractivity contribution is -0.137. The zero-order valence-electron chi connectivity index (χ0n) is 19.9. The average molecular weight is 498 g/mol. The van der Waals surface area contributed by atoms with Crippen molar-refractivity contribution in [3.05, 3.63) is 101 Å². The summed E-state index contributed by atoms with van der Waals surface area (Å²) in [6, 6.07) is 21.3. The molecule has 8 heteroatoms. The molecule has 0 radical (unpaired) electrons. The van der Waals surface area contributed by atoms with Crippen molar-refractivity contribution in [2.24, 2.45) is 0 Å². The van der Waals surface area contributed by atoms with Gasteiger partial charge in [-0.25, -0.2) is 4.90 Å². The van der Waals surface area contributed by atoms with Crippen LogP contribution in [0.15, 0.2) is 72.8 Å². The maximum absolute atomic E-state index is 13.4. The van der Waals surface area contributed by atoms with Crippen molar-refractivity contribution in [2.75, 3.05) is 37.6 Å². The van der Waals surface area contributed by atoms with Crippen LogP contribution in [0.2, 0.25) is 0 Å². The highest BCUT2D eigenvalue weighted by Gasteiger charge is 2.36. The molecule has 3 aromatic rings. The summed E-state index contributed by atoms with van der Waals surface area (Å²) in [5.74, 6) is 0. The molecule has 5 rings (SSSR count). The molecule has 0 amide bonds. The summed E-state index contributed by atoms with van der Waals surface area (Å²) in [5, 5.41) is 21.2. The second-order valence-corrected chi connectivity index (χ2v) is 9.46. The fraction of sp³-hybridized carbons (Fsp3) is 0.357. The number of aliphatic hydroxyl groups excluding tert-OH is 2. The molecule has 5 nitrogen and oxygen atoms in total. The summed E-state index contributed by atoms with van der Waals surface area (Å²) in [6.07, 6.45) is -5.18. The number of halogens is 3. The van der Waals surface area contributed by atoms with Crippen molar-refractivity contribution in [3.63, 3.8) is 0 Å². The molecule has 2 aliphatic heterocycles. The number of aliphatic hydroxyl groups is 2. The molecule has 3 aromatic carbocycles. The number of fused-ring (bicyclic) bond motifs is 1. The van der Waals surface area contributed by atoms with Crippen molar-refractivity contribution in [1.82, 2.24) is 9.80 Å². The first kappa shape index (κ1) is 24.8. The fourth-order valence-corrected chi connectivity index (χ4v) is 5.16. The number of alkyl halides is 3. The van der Waals surface area contributed by atoms with Crippen LogP contribution >= 0.6 is 0 Å². The second kappa shape index (κ2) is 10.2. The third kappa shape index (κ3) is 5.13. The van der Waals surface area contributed by atoms with E-state index in [0.717, 1.165) is 48.8 Å². The summed E-state index contributed by atoms with van der Waals surface area (Å²) in [6.45, 7) is 3.83. The molecule has 2 aliphatic rings. The molecule has 2 N–H and O–H groups in total. The van der Waals surface area contributed by atoms with Crippen LogP contribution in [0.4, 0.5) is 18.9 Å². The number of rotatable bonds is 6. The maximum Gasteiger partial charge on any atom is 0.418 e. The quantitative estimate of drug-likeness (QED) is 0.523. The van der Waals surface area contributed by atoms with E-state index in [1.54, 1.807) is 17.0 Å². The Balaban J connectivity index is 1.12. The van der Waals surface area contributed by atoms with E-state index in [0.29, 0.717) is 19.6 Å². The van der Waals surface area contributed by atoms with Crippen LogP contribution < -0.4 is 4.90 Å². The number of hydrogen-bond donors (Lipinski definition) is 2. The number of para-hydroxylation sites is 1. The zero-order chi connectivity index (χ0) is 25.3. The number of benzene rings is 3. The predicted octanol–water partition coefficient (Wildman–Crippen LogP) is 4.57. The molecule has 36 heavy (non-hydrogen) atoms. The Labute approximate surface area is 209 Å². The third-order valence-corrected chi connectivity index (χ3v) is 7.21. The van der Waals surface area contributed by atoms with E-state index in [-0.39, 0.29) is 5.69 Å². The van der Waals surface area contributed by atoms with Crippen LogP contribution in [0, 0.1) is 0 Å². The predicted molar refractivity (Wildman–Crippen MR) is 132 cm³/mol. The van der Waals surface area contributed by atoms with Gasteiger partial charge in [-0.05, 0) is 29.7 Å². The Morgan fingerprint density at radius 3 is 1.89 bits per heavy atom. The Morgan fingerprint density at radius 1 is 0.722 bits per heavy atom. The van der Waals surface area contributed by atoms with Gasteiger partial charge in [-0.15, -0.1) is 0 Å². The van der Waals surface area contributed by atoms with Gasteiger partial charge in [0.1, 0.15) is 12.5 Å². The topological polar surface area (TPSA) is 50.2 Å². The summed E-state index contributed by atoms with van der Waals surface area (Å²) < 4.78 is 40.1. The highest BCUT2D eigenvalue weighted by Crippen LogP contribution is 2.40. The van der Waals surface area contributed by atoms with E-state index in [2.05, 4.69) is 17.0 Å². The van der Waals surface area contributed by atoms with E-state index in [1.807, 2.05) is 41.3 Å². The molecule has 2 unspecified atom stereocenters. The number of nitrogens with zero attached hydrogens (tertiary/aromatic N) is 3. The molecular weight excluding hydrogens is 467 g/mol. The normalized spacial score (nSPS) is 21.1. The molecular formula is C28H30F3N3O2. The zero-order valence-corrected chi connectivity index (χ0v) is 19.9. The monoisotopic (exact) mass is 497 g/mol. The summed E-state index contributed by atoms with van der Waals surface area (Å²) >= 11 is 0. The number of piperazine rings is 1. The highest BCUT2D eigenvalue weighted by atomic mass is 19.4. The molecule has 0 bridgehead atoms. The lowest BCUT2D eigenvalue weighted by Crippen LogP contribution is -2.47. The van der Waals surface area contributed by atoms with Crippen molar-refractivity contribution in [3.8, 4) is 0 Å². The Morgan fingerprint density at radius 2 is 1.28 bits per heavy atom. The lowest BCUT2D eigenvalue weighted by atomic mass is 10.1. The molecule has 0 saturated carbocycles. The van der Waals surface area contributed by atoms with Crippen LogP contribution in [0.1, 0.15) is 40.3 Å². The van der Waals surface area contributed by atoms with Gasteiger partial charge in [-0.2, -0.15) is 13.2 Å². The Kier molecular flexibility index (Phi) is 7.03. The maximum atomic E-state index is 13.4. The molecule has 1 saturated heterocycles. The minimum atomic E-state index is -4.35. The number of hydrogen-bond acceptors (Lipinski definition) is 5. The van der Waals surface area contributed by atoms with Gasteiger partial charge < -0.3 is 15.1 Å². The van der Waals surface area contributed by atoms with Crippen LogP contribution in [-0.2, 0) is 19.1 Å². The van der Waals surface area contributed by atoms with Gasteiger partial charge in [0.05, 0.1) is 5.56 Å². The third-order valence-electron chi connectivity index (χ3n) is 7.21. The van der Waals surface area contributed by atoms with Crippen molar-refractivity contribution < 1.29 is 23.4 Å². The van der Waals surface area contributed by atoms with Gasteiger partial charge in [0.2, 0.25) is 0 Å². The first-order chi connectivity index (χ1) is 17.3.